The zero-order valence-corrected chi connectivity index (χ0v) is 10.2. The molecule has 1 rings (SSSR count). The summed E-state index contributed by atoms with van der Waals surface area (Å²) in [4.78, 5) is 0. The Labute approximate surface area is 102 Å². The van der Waals surface area contributed by atoms with Crippen molar-refractivity contribution >= 4 is 27.5 Å². The van der Waals surface area contributed by atoms with Crippen LogP contribution in [-0.2, 0) is 0 Å². The van der Waals surface area contributed by atoms with Crippen molar-refractivity contribution in [3.8, 4) is 6.07 Å². The first-order valence-corrected chi connectivity index (χ1v) is 5.55. The van der Waals surface area contributed by atoms with E-state index < -0.39 is 6.04 Å². The lowest BCUT2D eigenvalue weighted by Crippen LogP contribution is -2.23. The molecular formula is C10H10BrClN2O. The van der Waals surface area contributed by atoms with E-state index in [1.165, 1.54) is 0 Å². The Morgan fingerprint density at radius 2 is 2.33 bits per heavy atom. The second kappa shape index (κ2) is 6.09. The molecule has 0 saturated carbocycles. The number of rotatable bonds is 4. The summed E-state index contributed by atoms with van der Waals surface area (Å²) >= 11 is 9.14. The minimum absolute atomic E-state index is 0.00336. The molecule has 0 radical (unpaired) electrons. The average Bonchev–Trinajstić information content (AvgIpc) is 2.21. The molecular weight excluding hydrogens is 279 g/mol. The average molecular weight is 290 g/mol. The van der Waals surface area contributed by atoms with Gasteiger partial charge in [-0.25, -0.2) is 0 Å². The molecule has 0 bridgehead atoms. The molecule has 1 atom stereocenters. The van der Waals surface area contributed by atoms with Crippen LogP contribution in [0.3, 0.4) is 0 Å². The van der Waals surface area contributed by atoms with Crippen LogP contribution >= 0.6 is 27.5 Å². The van der Waals surface area contributed by atoms with E-state index in [1.807, 2.05) is 0 Å². The van der Waals surface area contributed by atoms with Gasteiger partial charge in [0.25, 0.3) is 0 Å². The molecule has 5 heteroatoms. The number of hydrogen-bond donors (Lipinski definition) is 2. The zero-order valence-electron chi connectivity index (χ0n) is 7.87. The van der Waals surface area contributed by atoms with Crippen LogP contribution in [0.15, 0.2) is 22.7 Å². The molecule has 80 valence electrons. The van der Waals surface area contributed by atoms with Crippen LogP contribution in [0, 0.1) is 11.3 Å². The normalized spacial score (nSPS) is 12.1. The fourth-order valence-electron chi connectivity index (χ4n) is 1.17. The molecule has 1 aromatic carbocycles. The molecule has 0 spiro atoms. The van der Waals surface area contributed by atoms with E-state index in [2.05, 4.69) is 27.3 Å². The largest absolute Gasteiger partial charge is 0.395 e. The Kier molecular flexibility index (Phi) is 5.06. The standard InChI is InChI=1S/C10H10BrClN2O/c11-9-5-7(12)1-2-8(9)10(6-13)14-3-4-15/h1-2,5,10,14-15H,3-4H2. The first-order chi connectivity index (χ1) is 7.19. The van der Waals surface area contributed by atoms with E-state index in [1.54, 1.807) is 18.2 Å². The van der Waals surface area contributed by atoms with Crippen LogP contribution < -0.4 is 5.32 Å². The van der Waals surface area contributed by atoms with Gasteiger partial charge in [0.2, 0.25) is 0 Å². The van der Waals surface area contributed by atoms with Gasteiger partial charge in [0, 0.05) is 16.0 Å². The summed E-state index contributed by atoms with van der Waals surface area (Å²) < 4.78 is 0.784. The van der Waals surface area contributed by atoms with E-state index in [9.17, 15) is 0 Å². The number of hydrogen-bond acceptors (Lipinski definition) is 3. The third-order valence-electron chi connectivity index (χ3n) is 1.86. The molecule has 2 N–H and O–H groups in total. The zero-order chi connectivity index (χ0) is 11.3. The summed E-state index contributed by atoms with van der Waals surface area (Å²) in [5.74, 6) is 0. The minimum atomic E-state index is -0.441. The van der Waals surface area contributed by atoms with Gasteiger partial charge >= 0.3 is 0 Å². The number of aliphatic hydroxyl groups is 1. The highest BCUT2D eigenvalue weighted by Gasteiger charge is 2.12. The Balaban J connectivity index is 2.88. The lowest BCUT2D eigenvalue weighted by Gasteiger charge is -2.12. The molecule has 0 fully saturated rings. The van der Waals surface area contributed by atoms with Gasteiger partial charge in [0.1, 0.15) is 6.04 Å². The summed E-state index contributed by atoms with van der Waals surface area (Å²) in [7, 11) is 0. The Morgan fingerprint density at radius 3 is 2.87 bits per heavy atom. The van der Waals surface area contributed by atoms with Crippen molar-refractivity contribution in [2.75, 3.05) is 13.2 Å². The van der Waals surface area contributed by atoms with Crippen molar-refractivity contribution in [1.82, 2.24) is 5.32 Å². The molecule has 0 aliphatic rings. The highest BCUT2D eigenvalue weighted by Crippen LogP contribution is 2.26. The van der Waals surface area contributed by atoms with Gasteiger partial charge in [-0.3, -0.25) is 5.32 Å². The first-order valence-electron chi connectivity index (χ1n) is 4.38. The Morgan fingerprint density at radius 1 is 1.60 bits per heavy atom. The number of benzene rings is 1. The van der Waals surface area contributed by atoms with Gasteiger partial charge in [-0.1, -0.05) is 33.6 Å². The van der Waals surface area contributed by atoms with Gasteiger partial charge in [-0.15, -0.1) is 0 Å². The van der Waals surface area contributed by atoms with Crippen molar-refractivity contribution in [2.45, 2.75) is 6.04 Å². The molecule has 0 saturated heterocycles. The quantitative estimate of drug-likeness (QED) is 0.894. The second-order valence-corrected chi connectivity index (χ2v) is 4.20. The number of nitrogens with one attached hydrogen (secondary N) is 1. The predicted octanol–water partition coefficient (Wildman–Crippen LogP) is 2.25. The van der Waals surface area contributed by atoms with Gasteiger partial charge in [0.05, 0.1) is 12.7 Å². The maximum absolute atomic E-state index is 8.95. The Hall–Kier alpha value is -0.600. The van der Waals surface area contributed by atoms with Crippen LogP contribution in [0.5, 0.6) is 0 Å². The van der Waals surface area contributed by atoms with Crippen molar-refractivity contribution < 1.29 is 5.11 Å². The maximum Gasteiger partial charge on any atom is 0.122 e. The molecule has 0 aliphatic carbocycles. The molecule has 0 aliphatic heterocycles. The number of aliphatic hydroxyl groups excluding tert-OH is 1. The highest BCUT2D eigenvalue weighted by atomic mass is 79.9. The first kappa shape index (κ1) is 12.5. The van der Waals surface area contributed by atoms with Gasteiger partial charge in [-0.05, 0) is 17.7 Å². The lowest BCUT2D eigenvalue weighted by atomic mass is 10.1. The molecule has 3 nitrogen and oxygen atoms in total. The summed E-state index contributed by atoms with van der Waals surface area (Å²) in [6.07, 6.45) is 0. The fraction of sp³-hybridized carbons (Fsp3) is 0.300. The SMILES string of the molecule is N#CC(NCCO)c1ccc(Cl)cc1Br. The summed E-state index contributed by atoms with van der Waals surface area (Å²) in [6, 6.07) is 6.93. The summed E-state index contributed by atoms with van der Waals surface area (Å²) in [6.45, 7) is 0.386. The second-order valence-electron chi connectivity index (χ2n) is 2.91. The van der Waals surface area contributed by atoms with E-state index in [0.717, 1.165) is 10.0 Å². The van der Waals surface area contributed by atoms with Crippen LogP contribution in [0.25, 0.3) is 0 Å². The molecule has 0 aromatic heterocycles. The molecule has 1 unspecified atom stereocenters. The topological polar surface area (TPSA) is 56.0 Å². The molecule has 15 heavy (non-hydrogen) atoms. The van der Waals surface area contributed by atoms with Crippen molar-refractivity contribution in [3.63, 3.8) is 0 Å². The summed E-state index contributed by atoms with van der Waals surface area (Å²) in [5, 5.41) is 21.1. The predicted molar refractivity (Wildman–Crippen MR) is 62.6 cm³/mol. The minimum Gasteiger partial charge on any atom is -0.395 e. The van der Waals surface area contributed by atoms with Gasteiger partial charge in [0.15, 0.2) is 0 Å². The molecule has 0 amide bonds. The number of nitrogens with zero attached hydrogens (tertiary/aromatic N) is 1. The van der Waals surface area contributed by atoms with Crippen LogP contribution in [0.2, 0.25) is 5.02 Å². The van der Waals surface area contributed by atoms with E-state index >= 15 is 0 Å². The highest BCUT2D eigenvalue weighted by molar-refractivity contribution is 9.10. The van der Waals surface area contributed by atoms with Crippen LogP contribution in [0.4, 0.5) is 0 Å². The lowest BCUT2D eigenvalue weighted by molar-refractivity contribution is 0.289. The van der Waals surface area contributed by atoms with Gasteiger partial charge < -0.3 is 5.11 Å². The summed E-state index contributed by atoms with van der Waals surface area (Å²) in [5.41, 5.74) is 0.815. The van der Waals surface area contributed by atoms with E-state index in [0.29, 0.717) is 11.6 Å². The maximum atomic E-state index is 8.95. The van der Waals surface area contributed by atoms with Gasteiger partial charge in [-0.2, -0.15) is 5.26 Å². The Bertz CT molecular complexity index is 378. The van der Waals surface area contributed by atoms with E-state index in [-0.39, 0.29) is 6.61 Å². The number of nitriles is 1. The van der Waals surface area contributed by atoms with E-state index in [4.69, 9.17) is 22.0 Å². The molecule has 0 heterocycles. The monoisotopic (exact) mass is 288 g/mol. The smallest absolute Gasteiger partial charge is 0.122 e. The third-order valence-corrected chi connectivity index (χ3v) is 2.78. The van der Waals surface area contributed by atoms with Crippen molar-refractivity contribution in [2.24, 2.45) is 0 Å². The molecule has 1 aromatic rings. The van der Waals surface area contributed by atoms with Crippen molar-refractivity contribution in [3.05, 3.63) is 33.3 Å². The number of halogens is 2. The third kappa shape index (κ3) is 3.47. The fourth-order valence-corrected chi connectivity index (χ4v) is 2.08. The van der Waals surface area contributed by atoms with Crippen LogP contribution in [-0.4, -0.2) is 18.3 Å². The van der Waals surface area contributed by atoms with Crippen LogP contribution in [0.1, 0.15) is 11.6 Å². The van der Waals surface area contributed by atoms with Crippen molar-refractivity contribution in [1.29, 1.82) is 5.26 Å².